The zero-order chi connectivity index (χ0) is 13.2. The molecule has 1 aliphatic heterocycles. The summed E-state index contributed by atoms with van der Waals surface area (Å²) < 4.78 is 5.32. The Morgan fingerprint density at radius 3 is 2.83 bits per heavy atom. The van der Waals surface area contributed by atoms with Crippen molar-refractivity contribution in [1.29, 1.82) is 0 Å². The SMILES string of the molecule is COc1ccccc1N1C=C(N)C(C)(CCO)N1. The maximum Gasteiger partial charge on any atom is 0.143 e. The number of nitrogens with two attached hydrogens (primary N) is 1. The van der Waals surface area contributed by atoms with Gasteiger partial charge in [-0.05, 0) is 25.5 Å². The molecule has 5 nitrogen and oxygen atoms in total. The van der Waals surface area contributed by atoms with Gasteiger partial charge in [-0.1, -0.05) is 12.1 Å². The third-order valence-electron chi connectivity index (χ3n) is 3.23. The molecule has 1 atom stereocenters. The Morgan fingerprint density at radius 2 is 2.17 bits per heavy atom. The fraction of sp³-hybridized carbons (Fsp3) is 0.385. The Kier molecular flexibility index (Phi) is 3.45. The van der Waals surface area contributed by atoms with Crippen LogP contribution in [0.5, 0.6) is 5.75 Å². The van der Waals surface area contributed by atoms with Crippen LogP contribution >= 0.6 is 0 Å². The van der Waals surface area contributed by atoms with Crippen molar-refractivity contribution in [2.75, 3.05) is 18.7 Å². The van der Waals surface area contributed by atoms with Crippen molar-refractivity contribution in [2.45, 2.75) is 18.9 Å². The molecule has 0 saturated carbocycles. The molecule has 98 valence electrons. The lowest BCUT2D eigenvalue weighted by molar-refractivity contribution is 0.244. The van der Waals surface area contributed by atoms with Crippen molar-refractivity contribution in [3.63, 3.8) is 0 Å². The molecule has 0 amide bonds. The van der Waals surface area contributed by atoms with Gasteiger partial charge in [0.2, 0.25) is 0 Å². The molecule has 1 aliphatic rings. The van der Waals surface area contributed by atoms with Crippen LogP contribution in [0.4, 0.5) is 5.69 Å². The second-order valence-corrected chi connectivity index (χ2v) is 4.54. The van der Waals surface area contributed by atoms with Crippen LogP contribution in [0.15, 0.2) is 36.2 Å². The van der Waals surface area contributed by atoms with Gasteiger partial charge < -0.3 is 15.6 Å². The smallest absolute Gasteiger partial charge is 0.143 e. The molecule has 1 aromatic rings. The van der Waals surface area contributed by atoms with Crippen molar-refractivity contribution >= 4 is 5.69 Å². The van der Waals surface area contributed by atoms with Gasteiger partial charge >= 0.3 is 0 Å². The van der Waals surface area contributed by atoms with E-state index in [4.69, 9.17) is 15.6 Å². The van der Waals surface area contributed by atoms with Crippen LogP contribution in [0, 0.1) is 0 Å². The third kappa shape index (κ3) is 2.14. The van der Waals surface area contributed by atoms with Crippen molar-refractivity contribution in [3.05, 3.63) is 36.2 Å². The summed E-state index contributed by atoms with van der Waals surface area (Å²) >= 11 is 0. The van der Waals surface area contributed by atoms with Gasteiger partial charge in [-0.3, -0.25) is 5.01 Å². The summed E-state index contributed by atoms with van der Waals surface area (Å²) in [6.45, 7) is 2.04. The number of ether oxygens (including phenoxy) is 1. The van der Waals surface area contributed by atoms with E-state index in [0.29, 0.717) is 12.1 Å². The van der Waals surface area contributed by atoms with E-state index < -0.39 is 5.54 Å². The van der Waals surface area contributed by atoms with Gasteiger partial charge in [0.25, 0.3) is 0 Å². The lowest BCUT2D eigenvalue weighted by Gasteiger charge is -2.28. The predicted octanol–water partition coefficient (Wildman–Crippen LogP) is 0.961. The van der Waals surface area contributed by atoms with Crippen molar-refractivity contribution < 1.29 is 9.84 Å². The molecule has 0 bridgehead atoms. The van der Waals surface area contributed by atoms with E-state index in [-0.39, 0.29) is 6.61 Å². The first-order chi connectivity index (χ1) is 8.60. The highest BCUT2D eigenvalue weighted by Crippen LogP contribution is 2.32. The zero-order valence-corrected chi connectivity index (χ0v) is 10.7. The molecular formula is C13H19N3O2. The van der Waals surface area contributed by atoms with E-state index in [1.807, 2.05) is 42.4 Å². The Hall–Kier alpha value is -1.72. The minimum absolute atomic E-state index is 0.0812. The average Bonchev–Trinajstić information content (AvgIpc) is 2.66. The summed E-state index contributed by atoms with van der Waals surface area (Å²) in [6.07, 6.45) is 2.38. The summed E-state index contributed by atoms with van der Waals surface area (Å²) in [5.74, 6) is 0.766. The lowest BCUT2D eigenvalue weighted by atomic mass is 9.97. The summed E-state index contributed by atoms with van der Waals surface area (Å²) in [4.78, 5) is 0. The number of aliphatic hydroxyl groups excluding tert-OH is 1. The quantitative estimate of drug-likeness (QED) is 0.741. The monoisotopic (exact) mass is 249 g/mol. The molecule has 1 unspecified atom stereocenters. The highest BCUT2D eigenvalue weighted by molar-refractivity contribution is 5.61. The molecule has 5 heteroatoms. The molecule has 0 spiro atoms. The number of hydrogen-bond donors (Lipinski definition) is 3. The number of benzene rings is 1. The van der Waals surface area contributed by atoms with Crippen LogP contribution in [0.25, 0.3) is 0 Å². The molecule has 0 aliphatic carbocycles. The molecule has 4 N–H and O–H groups in total. The zero-order valence-electron chi connectivity index (χ0n) is 10.7. The van der Waals surface area contributed by atoms with Crippen molar-refractivity contribution in [2.24, 2.45) is 5.73 Å². The number of nitrogens with zero attached hydrogens (tertiary/aromatic N) is 1. The van der Waals surface area contributed by atoms with Crippen LogP contribution < -0.4 is 20.9 Å². The Morgan fingerprint density at radius 1 is 1.44 bits per heavy atom. The number of anilines is 1. The van der Waals surface area contributed by atoms with Crippen LogP contribution in [0.1, 0.15) is 13.3 Å². The van der Waals surface area contributed by atoms with E-state index in [1.165, 1.54) is 0 Å². The van der Waals surface area contributed by atoms with E-state index in [2.05, 4.69) is 5.43 Å². The molecule has 0 saturated heterocycles. The first kappa shape index (κ1) is 12.7. The summed E-state index contributed by atoms with van der Waals surface area (Å²) in [7, 11) is 1.63. The summed E-state index contributed by atoms with van der Waals surface area (Å²) in [5, 5.41) is 10.9. The maximum atomic E-state index is 9.10. The van der Waals surface area contributed by atoms with Crippen LogP contribution in [-0.4, -0.2) is 24.4 Å². The van der Waals surface area contributed by atoms with Gasteiger partial charge in [0.05, 0.1) is 18.3 Å². The van der Waals surface area contributed by atoms with Crippen molar-refractivity contribution in [1.82, 2.24) is 5.43 Å². The Labute approximate surface area is 107 Å². The number of rotatable bonds is 4. The fourth-order valence-corrected chi connectivity index (χ4v) is 2.03. The van der Waals surface area contributed by atoms with E-state index in [0.717, 1.165) is 11.4 Å². The molecule has 1 aromatic carbocycles. The standard InChI is InChI=1S/C13H19N3O2/c1-13(7-8-17)12(14)9-16(15-13)10-5-3-4-6-11(10)18-2/h3-6,9,15,17H,7-8,14H2,1-2H3. The number of methoxy groups -OCH3 is 1. The van der Waals surface area contributed by atoms with Gasteiger partial charge in [-0.25, -0.2) is 5.43 Å². The van der Waals surface area contributed by atoms with E-state index in [9.17, 15) is 0 Å². The third-order valence-corrected chi connectivity index (χ3v) is 3.23. The van der Waals surface area contributed by atoms with E-state index >= 15 is 0 Å². The lowest BCUT2D eigenvalue weighted by Crippen LogP contribution is -2.48. The number of para-hydroxylation sites is 2. The molecular weight excluding hydrogens is 230 g/mol. The number of hydrogen-bond acceptors (Lipinski definition) is 5. The topological polar surface area (TPSA) is 70.8 Å². The van der Waals surface area contributed by atoms with Crippen LogP contribution in [-0.2, 0) is 0 Å². The minimum atomic E-state index is -0.421. The minimum Gasteiger partial charge on any atom is -0.495 e. The van der Waals surface area contributed by atoms with Gasteiger partial charge in [0.15, 0.2) is 0 Å². The predicted molar refractivity (Wildman–Crippen MR) is 71.0 cm³/mol. The maximum absolute atomic E-state index is 9.10. The van der Waals surface area contributed by atoms with Crippen molar-refractivity contribution in [3.8, 4) is 5.75 Å². The molecule has 0 aromatic heterocycles. The molecule has 0 radical (unpaired) electrons. The number of hydrazine groups is 1. The van der Waals surface area contributed by atoms with Gasteiger partial charge in [-0.2, -0.15) is 0 Å². The largest absolute Gasteiger partial charge is 0.495 e. The second-order valence-electron chi connectivity index (χ2n) is 4.54. The summed E-state index contributed by atoms with van der Waals surface area (Å²) in [5.41, 5.74) is 10.5. The van der Waals surface area contributed by atoms with Gasteiger partial charge in [0, 0.05) is 18.5 Å². The van der Waals surface area contributed by atoms with Crippen LogP contribution in [0.3, 0.4) is 0 Å². The Bertz CT molecular complexity index is 461. The first-order valence-corrected chi connectivity index (χ1v) is 5.89. The second kappa shape index (κ2) is 4.88. The molecule has 2 rings (SSSR count). The molecule has 18 heavy (non-hydrogen) atoms. The van der Waals surface area contributed by atoms with Gasteiger partial charge in [0.1, 0.15) is 5.75 Å². The van der Waals surface area contributed by atoms with Crippen LogP contribution in [0.2, 0.25) is 0 Å². The first-order valence-electron chi connectivity index (χ1n) is 5.89. The normalized spacial score (nSPS) is 23.1. The summed E-state index contributed by atoms with van der Waals surface area (Å²) in [6, 6.07) is 7.69. The molecule has 0 fully saturated rings. The highest BCUT2D eigenvalue weighted by atomic mass is 16.5. The fourth-order valence-electron chi connectivity index (χ4n) is 2.03. The average molecular weight is 249 g/mol. The van der Waals surface area contributed by atoms with E-state index in [1.54, 1.807) is 7.11 Å². The molecule has 1 heterocycles. The highest BCUT2D eigenvalue weighted by Gasteiger charge is 2.35. The Balaban J connectivity index is 2.28. The number of nitrogens with one attached hydrogen (secondary N) is 1. The number of aliphatic hydroxyl groups is 1. The van der Waals surface area contributed by atoms with Gasteiger partial charge in [-0.15, -0.1) is 0 Å².